The molecule has 0 atom stereocenters. The van der Waals surface area contributed by atoms with E-state index < -0.39 is 0 Å². The molecule has 0 heterocycles. The fraction of sp³-hybridized carbons (Fsp3) is 0.800. The Balaban J connectivity index is 2.56. The van der Waals surface area contributed by atoms with Gasteiger partial charge in [0.25, 0.3) is 0 Å². The van der Waals surface area contributed by atoms with Crippen molar-refractivity contribution in [3.05, 3.63) is 0 Å². The highest BCUT2D eigenvalue weighted by molar-refractivity contribution is 7.98. The van der Waals surface area contributed by atoms with Gasteiger partial charge in [-0.05, 0) is 18.4 Å². The summed E-state index contributed by atoms with van der Waals surface area (Å²) in [6.07, 6.45) is 5.45. The summed E-state index contributed by atoms with van der Waals surface area (Å²) < 4.78 is 0. The molecule has 2 heteroatoms. The van der Waals surface area contributed by atoms with E-state index in [0.29, 0.717) is 6.42 Å². The predicted molar refractivity (Wildman–Crippen MR) is 33.3 cm³/mol. The van der Waals surface area contributed by atoms with Crippen LogP contribution >= 0.6 is 11.8 Å². The van der Waals surface area contributed by atoms with E-state index in [1.807, 2.05) is 12.5 Å². The summed E-state index contributed by atoms with van der Waals surface area (Å²) >= 11 is 1.76. The van der Waals surface area contributed by atoms with Crippen LogP contribution in [0.4, 0.5) is 0 Å². The van der Waals surface area contributed by atoms with Crippen LogP contribution in [0, 0.1) is 0 Å². The molecule has 1 radical (unpaired) electrons. The standard InChI is InChI=1S/C5H9OS/c1-7-5-3-2-4-6/h2-3,5H2,1H3. The molecule has 0 aromatic rings. The molecule has 41 valence electrons. The van der Waals surface area contributed by atoms with E-state index in [1.165, 1.54) is 0 Å². The van der Waals surface area contributed by atoms with Crippen LogP contribution in [-0.4, -0.2) is 18.3 Å². The number of carbonyl (C=O) groups excluding carboxylic acids is 1. The van der Waals surface area contributed by atoms with Crippen LogP contribution in [0.1, 0.15) is 12.8 Å². The lowest BCUT2D eigenvalue weighted by atomic mass is 10.4. The van der Waals surface area contributed by atoms with Gasteiger partial charge in [0.2, 0.25) is 0 Å². The third-order valence-electron chi connectivity index (χ3n) is 0.627. The molecule has 0 amide bonds. The first-order chi connectivity index (χ1) is 3.41. The van der Waals surface area contributed by atoms with Crippen molar-refractivity contribution in [2.45, 2.75) is 12.8 Å². The van der Waals surface area contributed by atoms with Crippen LogP contribution in [0.25, 0.3) is 0 Å². The quantitative estimate of drug-likeness (QED) is 0.515. The highest BCUT2D eigenvalue weighted by Crippen LogP contribution is 1.95. The monoisotopic (exact) mass is 117 g/mol. The van der Waals surface area contributed by atoms with Crippen LogP contribution in [0.15, 0.2) is 0 Å². The maximum absolute atomic E-state index is 9.55. The minimum atomic E-state index is 0.598. The molecular formula is C5H9OS. The topological polar surface area (TPSA) is 17.1 Å². The summed E-state index contributed by atoms with van der Waals surface area (Å²) in [5.41, 5.74) is 0. The smallest absolute Gasteiger partial charge is 0.198 e. The lowest BCUT2D eigenvalue weighted by Gasteiger charge is -1.85. The Morgan fingerprint density at radius 3 is 2.86 bits per heavy atom. The SMILES string of the molecule is CSCCC[C]=O. The average molecular weight is 117 g/mol. The second-order valence-electron chi connectivity index (χ2n) is 1.24. The molecule has 0 saturated carbocycles. The maximum atomic E-state index is 9.55. The van der Waals surface area contributed by atoms with Crippen molar-refractivity contribution < 1.29 is 4.79 Å². The van der Waals surface area contributed by atoms with E-state index in [4.69, 9.17) is 0 Å². The normalized spacial score (nSPS) is 8.71. The first kappa shape index (κ1) is 7.02. The largest absolute Gasteiger partial charge is 0.291 e. The lowest BCUT2D eigenvalue weighted by Crippen LogP contribution is -1.77. The molecule has 0 rings (SSSR count). The van der Waals surface area contributed by atoms with Gasteiger partial charge in [0.05, 0.1) is 0 Å². The Morgan fingerprint density at radius 1 is 1.71 bits per heavy atom. The van der Waals surface area contributed by atoms with E-state index in [1.54, 1.807) is 11.8 Å². The van der Waals surface area contributed by atoms with Crippen molar-refractivity contribution in [1.82, 2.24) is 0 Å². The molecule has 0 aromatic carbocycles. The van der Waals surface area contributed by atoms with Gasteiger partial charge in [-0.15, -0.1) is 0 Å². The second kappa shape index (κ2) is 6.02. The third kappa shape index (κ3) is 6.02. The molecule has 0 bridgehead atoms. The Labute approximate surface area is 48.5 Å². The summed E-state index contributed by atoms with van der Waals surface area (Å²) in [5, 5.41) is 0. The van der Waals surface area contributed by atoms with Crippen LogP contribution < -0.4 is 0 Å². The van der Waals surface area contributed by atoms with Gasteiger partial charge in [-0.25, -0.2) is 0 Å². The molecular weight excluding hydrogens is 108 g/mol. The molecule has 0 unspecified atom stereocenters. The van der Waals surface area contributed by atoms with Crippen molar-refractivity contribution in [1.29, 1.82) is 0 Å². The number of unbranched alkanes of at least 4 members (excludes halogenated alkanes) is 1. The van der Waals surface area contributed by atoms with Crippen LogP contribution in [0.2, 0.25) is 0 Å². The third-order valence-corrected chi connectivity index (χ3v) is 1.32. The van der Waals surface area contributed by atoms with Gasteiger partial charge < -0.3 is 0 Å². The number of rotatable bonds is 4. The summed E-state index contributed by atoms with van der Waals surface area (Å²) in [5.74, 6) is 1.08. The van der Waals surface area contributed by atoms with E-state index in [9.17, 15) is 4.79 Å². The molecule has 0 fully saturated rings. The number of thioether (sulfide) groups is 1. The molecule has 0 aliphatic carbocycles. The van der Waals surface area contributed by atoms with Gasteiger partial charge in [0, 0.05) is 6.42 Å². The summed E-state index contributed by atoms with van der Waals surface area (Å²) in [7, 11) is 0. The molecule has 0 spiro atoms. The van der Waals surface area contributed by atoms with Gasteiger partial charge in [-0.2, -0.15) is 11.8 Å². The molecule has 0 saturated heterocycles. The lowest BCUT2D eigenvalue weighted by molar-refractivity contribution is 0.550. The van der Waals surface area contributed by atoms with E-state index in [2.05, 4.69) is 0 Å². The summed E-state index contributed by atoms with van der Waals surface area (Å²) in [6.45, 7) is 0. The molecule has 0 aromatic heterocycles. The molecule has 0 N–H and O–H groups in total. The fourth-order valence-electron chi connectivity index (χ4n) is 0.289. The summed E-state index contributed by atoms with van der Waals surface area (Å²) in [4.78, 5) is 9.55. The van der Waals surface area contributed by atoms with E-state index in [0.717, 1.165) is 12.2 Å². The van der Waals surface area contributed by atoms with Gasteiger partial charge in [-0.3, -0.25) is 4.79 Å². The second-order valence-corrected chi connectivity index (χ2v) is 2.23. The molecule has 0 aliphatic rings. The molecule has 1 nitrogen and oxygen atoms in total. The first-order valence-corrected chi connectivity index (χ1v) is 3.65. The average Bonchev–Trinajstić information content (AvgIpc) is 1.69. The van der Waals surface area contributed by atoms with Crippen molar-refractivity contribution in [3.8, 4) is 0 Å². The van der Waals surface area contributed by atoms with Gasteiger partial charge in [0.1, 0.15) is 0 Å². The van der Waals surface area contributed by atoms with Gasteiger partial charge >= 0.3 is 0 Å². The van der Waals surface area contributed by atoms with Crippen molar-refractivity contribution in [2.24, 2.45) is 0 Å². The van der Waals surface area contributed by atoms with Gasteiger partial charge in [-0.1, -0.05) is 0 Å². The first-order valence-electron chi connectivity index (χ1n) is 2.25. The minimum Gasteiger partial charge on any atom is -0.291 e. The fourth-order valence-corrected chi connectivity index (χ4v) is 0.722. The van der Waals surface area contributed by atoms with E-state index in [-0.39, 0.29) is 0 Å². The van der Waals surface area contributed by atoms with Crippen molar-refractivity contribution >= 4 is 18.0 Å². The summed E-state index contributed by atoms with van der Waals surface area (Å²) in [6, 6.07) is 0. The van der Waals surface area contributed by atoms with E-state index >= 15 is 0 Å². The van der Waals surface area contributed by atoms with Crippen molar-refractivity contribution in [3.63, 3.8) is 0 Å². The van der Waals surface area contributed by atoms with Gasteiger partial charge in [0.15, 0.2) is 6.29 Å². The number of hydrogen-bond donors (Lipinski definition) is 0. The zero-order chi connectivity index (χ0) is 5.54. The maximum Gasteiger partial charge on any atom is 0.198 e. The van der Waals surface area contributed by atoms with Crippen LogP contribution in [-0.2, 0) is 4.79 Å². The van der Waals surface area contributed by atoms with Crippen LogP contribution in [0.3, 0.4) is 0 Å². The Hall–Kier alpha value is 0.0200. The van der Waals surface area contributed by atoms with Crippen molar-refractivity contribution in [2.75, 3.05) is 12.0 Å². The Bertz CT molecular complexity index is 45.3. The molecule has 7 heavy (non-hydrogen) atoms. The predicted octanol–water partition coefficient (Wildman–Crippen LogP) is 1.24. The highest BCUT2D eigenvalue weighted by atomic mass is 32.2. The van der Waals surface area contributed by atoms with Crippen LogP contribution in [0.5, 0.6) is 0 Å². The minimum absolute atomic E-state index is 0.598. The zero-order valence-corrected chi connectivity index (χ0v) is 5.25. The molecule has 0 aliphatic heterocycles. The highest BCUT2D eigenvalue weighted by Gasteiger charge is 1.81. The Kier molecular flexibility index (Phi) is 6.04. The Morgan fingerprint density at radius 2 is 2.43 bits per heavy atom. The number of hydrogen-bond acceptors (Lipinski definition) is 2. The zero-order valence-electron chi connectivity index (χ0n) is 4.44.